The summed E-state index contributed by atoms with van der Waals surface area (Å²) in [4.78, 5) is 10.8. The highest BCUT2D eigenvalue weighted by Crippen LogP contribution is 2.08. The lowest BCUT2D eigenvalue weighted by molar-refractivity contribution is 0.0679. The number of hydrogen-bond acceptors (Lipinski definition) is 1. The maximum atomic E-state index is 12.0. The van der Waals surface area contributed by atoms with Crippen molar-refractivity contribution in [2.75, 3.05) is 0 Å². The standard InChI is InChI=1S/C9H8F2O/c1-6-2-4-7(5-3-6)8(12)9(10)11/h2-5,9H,1H3/i1D3. The molecule has 0 aromatic heterocycles. The first kappa shape index (κ1) is 5.41. The van der Waals surface area contributed by atoms with Gasteiger partial charge in [-0.15, -0.1) is 0 Å². The molecule has 3 heteroatoms. The Morgan fingerprint density at radius 1 is 1.42 bits per heavy atom. The van der Waals surface area contributed by atoms with Crippen molar-refractivity contribution in [1.29, 1.82) is 0 Å². The third kappa shape index (κ3) is 1.87. The van der Waals surface area contributed by atoms with E-state index in [1.54, 1.807) is 0 Å². The Labute approximate surface area is 73.2 Å². The van der Waals surface area contributed by atoms with Crippen LogP contribution in [0.1, 0.15) is 20.0 Å². The van der Waals surface area contributed by atoms with E-state index in [9.17, 15) is 13.6 Å². The fraction of sp³-hybridized carbons (Fsp3) is 0.222. The third-order valence-electron chi connectivity index (χ3n) is 1.37. The molecule has 0 amide bonds. The molecule has 0 N–H and O–H groups in total. The van der Waals surface area contributed by atoms with Gasteiger partial charge in [-0.25, -0.2) is 8.78 Å². The summed E-state index contributed by atoms with van der Waals surface area (Å²) in [5.41, 5.74) is -0.161. The highest BCUT2D eigenvalue weighted by Gasteiger charge is 2.16. The Bertz CT molecular complexity index is 357. The zero-order valence-electron chi connectivity index (χ0n) is 9.05. The van der Waals surface area contributed by atoms with Crippen LogP contribution < -0.4 is 0 Å². The molecule has 0 heterocycles. The average molecular weight is 173 g/mol. The van der Waals surface area contributed by atoms with Gasteiger partial charge in [0.2, 0.25) is 5.78 Å². The number of alkyl halides is 2. The number of halogens is 2. The molecule has 64 valence electrons. The van der Waals surface area contributed by atoms with Crippen LogP contribution in [-0.4, -0.2) is 12.2 Å². The molecule has 0 atom stereocenters. The second kappa shape index (κ2) is 3.43. The smallest absolute Gasteiger partial charge is 0.288 e. The van der Waals surface area contributed by atoms with Crippen molar-refractivity contribution < 1.29 is 17.7 Å². The predicted octanol–water partition coefficient (Wildman–Crippen LogP) is 2.44. The Kier molecular flexibility index (Phi) is 1.55. The van der Waals surface area contributed by atoms with E-state index >= 15 is 0 Å². The van der Waals surface area contributed by atoms with Crippen LogP contribution in [0.5, 0.6) is 0 Å². The van der Waals surface area contributed by atoms with Crippen LogP contribution in [0.25, 0.3) is 0 Å². The molecule has 1 aromatic carbocycles. The normalized spacial score (nSPS) is 15.1. The minimum Gasteiger partial charge on any atom is -0.288 e. The molecule has 0 bridgehead atoms. The molecule has 0 fully saturated rings. The minimum absolute atomic E-state index is 0.0216. The first-order valence-electron chi connectivity index (χ1n) is 4.75. The molecule has 1 rings (SSSR count). The molecule has 1 aromatic rings. The van der Waals surface area contributed by atoms with Crippen LogP contribution in [-0.2, 0) is 0 Å². The number of carbonyl (C=O) groups is 1. The van der Waals surface area contributed by atoms with Crippen molar-refractivity contribution in [3.8, 4) is 0 Å². The van der Waals surface area contributed by atoms with Crippen molar-refractivity contribution in [3.63, 3.8) is 0 Å². The van der Waals surface area contributed by atoms with Gasteiger partial charge in [0, 0.05) is 9.68 Å². The molecule has 0 unspecified atom stereocenters. The van der Waals surface area contributed by atoms with Crippen molar-refractivity contribution in [2.45, 2.75) is 13.3 Å². The Balaban J connectivity index is 2.96. The van der Waals surface area contributed by atoms with E-state index in [-0.39, 0.29) is 11.1 Å². The summed E-state index contributed by atoms with van der Waals surface area (Å²) in [5.74, 6) is -1.30. The highest BCUT2D eigenvalue weighted by atomic mass is 19.3. The summed E-state index contributed by atoms with van der Waals surface area (Å²) in [6.07, 6.45) is -3.07. The van der Waals surface area contributed by atoms with E-state index in [1.165, 1.54) is 0 Å². The van der Waals surface area contributed by atoms with Crippen molar-refractivity contribution in [3.05, 3.63) is 35.4 Å². The summed E-state index contributed by atoms with van der Waals surface area (Å²) < 4.78 is 45.1. The van der Waals surface area contributed by atoms with Gasteiger partial charge in [0.1, 0.15) is 0 Å². The molecule has 12 heavy (non-hydrogen) atoms. The average Bonchev–Trinajstić information content (AvgIpc) is 2.15. The predicted molar refractivity (Wildman–Crippen MR) is 41.5 cm³/mol. The van der Waals surface area contributed by atoms with E-state index in [0.29, 0.717) is 0 Å². The van der Waals surface area contributed by atoms with Gasteiger partial charge in [0.15, 0.2) is 0 Å². The molecular formula is C9H8F2O. The maximum Gasteiger partial charge on any atom is 0.300 e. The highest BCUT2D eigenvalue weighted by molar-refractivity contribution is 5.98. The molecule has 0 aliphatic carbocycles. The first-order chi connectivity index (χ1) is 6.82. The van der Waals surface area contributed by atoms with E-state index in [1.807, 2.05) is 0 Å². The summed E-state index contributed by atoms with van der Waals surface area (Å²) in [5, 5.41) is 0. The number of Topliss-reactive ketones (excluding diaryl/α,β-unsaturated/α-hetero) is 1. The molecule has 0 aliphatic heterocycles. The van der Waals surface area contributed by atoms with Crippen LogP contribution >= 0.6 is 0 Å². The van der Waals surface area contributed by atoms with Crippen LogP contribution in [0.3, 0.4) is 0 Å². The lowest BCUT2D eigenvalue weighted by Gasteiger charge is -1.98. The van der Waals surface area contributed by atoms with E-state index < -0.39 is 19.1 Å². The van der Waals surface area contributed by atoms with Gasteiger partial charge >= 0.3 is 6.43 Å². The van der Waals surface area contributed by atoms with Crippen molar-refractivity contribution in [2.24, 2.45) is 0 Å². The monoisotopic (exact) mass is 173 g/mol. The fourth-order valence-corrected chi connectivity index (χ4v) is 0.760. The summed E-state index contributed by atoms with van der Waals surface area (Å²) in [6, 6.07) is 4.50. The van der Waals surface area contributed by atoms with Gasteiger partial charge < -0.3 is 0 Å². The van der Waals surface area contributed by atoms with Crippen molar-refractivity contribution in [1.82, 2.24) is 0 Å². The summed E-state index contributed by atoms with van der Waals surface area (Å²) in [7, 11) is 0. The second-order valence-corrected chi connectivity index (χ2v) is 2.24. The number of aryl methyl sites for hydroxylation is 1. The zero-order valence-corrected chi connectivity index (χ0v) is 6.05. The summed E-state index contributed by atoms with van der Waals surface area (Å²) in [6.45, 7) is -2.29. The molecule has 0 saturated heterocycles. The first-order valence-corrected chi connectivity index (χ1v) is 3.25. The Morgan fingerprint density at radius 2 is 2.00 bits per heavy atom. The topological polar surface area (TPSA) is 17.1 Å². The number of ketones is 1. The number of rotatable bonds is 2. The third-order valence-corrected chi connectivity index (χ3v) is 1.37. The molecule has 0 radical (unpaired) electrons. The zero-order chi connectivity index (χ0) is 11.6. The summed E-state index contributed by atoms with van der Waals surface area (Å²) >= 11 is 0. The molecular weight excluding hydrogens is 162 g/mol. The molecule has 0 spiro atoms. The number of benzene rings is 1. The quantitative estimate of drug-likeness (QED) is 0.628. The van der Waals surface area contributed by atoms with Crippen LogP contribution in [0.4, 0.5) is 8.78 Å². The maximum absolute atomic E-state index is 12.0. The van der Waals surface area contributed by atoms with Gasteiger partial charge in [-0.05, 0) is 6.85 Å². The Morgan fingerprint density at radius 3 is 2.42 bits per heavy atom. The number of hydrogen-bond donors (Lipinski definition) is 0. The van der Waals surface area contributed by atoms with Crippen LogP contribution in [0, 0.1) is 6.85 Å². The van der Waals surface area contributed by atoms with Crippen LogP contribution in [0.2, 0.25) is 0 Å². The van der Waals surface area contributed by atoms with Gasteiger partial charge in [0.05, 0.1) is 0 Å². The minimum atomic E-state index is -3.07. The number of carbonyl (C=O) groups excluding carboxylic acids is 1. The fourth-order valence-electron chi connectivity index (χ4n) is 0.760. The Hall–Kier alpha value is -1.25. The largest absolute Gasteiger partial charge is 0.300 e. The lowest BCUT2D eigenvalue weighted by Crippen LogP contribution is -2.09. The lowest BCUT2D eigenvalue weighted by atomic mass is 10.1. The molecule has 0 aliphatic rings. The van der Waals surface area contributed by atoms with Crippen molar-refractivity contribution >= 4 is 5.78 Å². The molecule has 0 saturated carbocycles. The van der Waals surface area contributed by atoms with Gasteiger partial charge in [-0.2, -0.15) is 0 Å². The van der Waals surface area contributed by atoms with Crippen LogP contribution in [0.15, 0.2) is 24.3 Å². The van der Waals surface area contributed by atoms with E-state index in [4.69, 9.17) is 4.11 Å². The van der Waals surface area contributed by atoms with Gasteiger partial charge in [0.25, 0.3) is 0 Å². The second-order valence-electron chi connectivity index (χ2n) is 2.24. The molecule has 1 nitrogen and oxygen atoms in total. The van der Waals surface area contributed by atoms with E-state index in [0.717, 1.165) is 24.3 Å². The van der Waals surface area contributed by atoms with E-state index in [2.05, 4.69) is 0 Å². The SMILES string of the molecule is [2H]C([2H])([2H])c1ccc(C(=O)C(F)F)cc1. The van der Waals surface area contributed by atoms with Gasteiger partial charge in [-0.3, -0.25) is 4.79 Å². The van der Waals surface area contributed by atoms with Gasteiger partial charge in [-0.1, -0.05) is 29.8 Å².